The van der Waals surface area contributed by atoms with Gasteiger partial charge in [-0.05, 0) is 19.8 Å². The van der Waals surface area contributed by atoms with Crippen molar-refractivity contribution in [3.63, 3.8) is 0 Å². The van der Waals surface area contributed by atoms with Crippen LogP contribution in [0.15, 0.2) is 12.4 Å². The highest BCUT2D eigenvalue weighted by atomic mass is 16.4. The van der Waals surface area contributed by atoms with Crippen LogP contribution in [0.2, 0.25) is 0 Å². The lowest BCUT2D eigenvalue weighted by molar-refractivity contribution is -0.140. The average Bonchev–Trinajstić information content (AvgIpc) is 2.39. The Labute approximate surface area is 120 Å². The van der Waals surface area contributed by atoms with Crippen LogP contribution in [-0.2, 0) is 11.3 Å². The predicted octanol–water partition coefficient (Wildman–Crippen LogP) is 1.89. The summed E-state index contributed by atoms with van der Waals surface area (Å²) in [6.07, 6.45) is 4.23. The van der Waals surface area contributed by atoms with Crippen molar-refractivity contribution in [2.45, 2.75) is 52.7 Å². The monoisotopic (exact) mass is 280 g/mol. The van der Waals surface area contributed by atoms with E-state index >= 15 is 0 Å². The topological polar surface area (TPSA) is 87.1 Å². The van der Waals surface area contributed by atoms with Gasteiger partial charge in [-0.1, -0.05) is 20.3 Å². The molecule has 0 bridgehead atoms. The Kier molecular flexibility index (Phi) is 6.38. The Hall–Kier alpha value is -1.69. The van der Waals surface area contributed by atoms with E-state index in [-0.39, 0.29) is 12.0 Å². The molecule has 0 saturated heterocycles. The molecule has 0 radical (unpaired) electrons. The summed E-state index contributed by atoms with van der Waals surface area (Å²) in [5.41, 5.74) is 0.869. The summed E-state index contributed by atoms with van der Waals surface area (Å²) in [6.45, 7) is 8.39. The van der Waals surface area contributed by atoms with Gasteiger partial charge in [0, 0.05) is 30.5 Å². The van der Waals surface area contributed by atoms with Crippen molar-refractivity contribution in [3.8, 4) is 0 Å². The summed E-state index contributed by atoms with van der Waals surface area (Å²) >= 11 is 0. The summed E-state index contributed by atoms with van der Waals surface area (Å²) in [5.74, 6) is -0.158. The second-order valence-electron chi connectivity index (χ2n) is 5.30. The molecule has 0 aliphatic rings. The van der Waals surface area contributed by atoms with Crippen molar-refractivity contribution in [1.82, 2.24) is 15.3 Å². The molecule has 6 heteroatoms. The number of rotatable bonds is 8. The zero-order chi connectivity index (χ0) is 15.1. The number of aliphatic carboxylic acids is 1. The molecular weight excluding hydrogens is 256 g/mol. The first-order valence-electron chi connectivity index (χ1n) is 6.97. The third-order valence-corrected chi connectivity index (χ3v) is 3.13. The van der Waals surface area contributed by atoms with E-state index in [0.717, 1.165) is 12.0 Å². The standard InChI is InChI=1S/C14H24N4O2/c1-5-10(4)12(13(19)20)15-6-11-7-16-14(17-8-11)18-9(2)3/h7-10,12,15H,5-6H2,1-4H3,(H,19,20)(H,16,17,18). The van der Waals surface area contributed by atoms with E-state index in [4.69, 9.17) is 0 Å². The van der Waals surface area contributed by atoms with Crippen LogP contribution in [0.3, 0.4) is 0 Å². The maximum Gasteiger partial charge on any atom is 0.320 e. The van der Waals surface area contributed by atoms with Crippen molar-refractivity contribution < 1.29 is 9.90 Å². The Morgan fingerprint density at radius 3 is 2.35 bits per heavy atom. The molecule has 2 atom stereocenters. The third-order valence-electron chi connectivity index (χ3n) is 3.13. The third kappa shape index (κ3) is 5.13. The largest absolute Gasteiger partial charge is 0.480 e. The molecule has 6 nitrogen and oxygen atoms in total. The lowest BCUT2D eigenvalue weighted by Crippen LogP contribution is -2.41. The van der Waals surface area contributed by atoms with E-state index in [9.17, 15) is 9.90 Å². The van der Waals surface area contributed by atoms with Crippen molar-refractivity contribution in [2.24, 2.45) is 5.92 Å². The number of hydrogen-bond acceptors (Lipinski definition) is 5. The smallest absolute Gasteiger partial charge is 0.320 e. The number of carboxylic acid groups (broad SMARTS) is 1. The molecule has 1 heterocycles. The minimum Gasteiger partial charge on any atom is -0.480 e. The highest BCUT2D eigenvalue weighted by Gasteiger charge is 2.22. The summed E-state index contributed by atoms with van der Waals surface area (Å²) in [6, 6.07) is -0.269. The first-order valence-corrected chi connectivity index (χ1v) is 6.97. The highest BCUT2D eigenvalue weighted by Crippen LogP contribution is 2.09. The zero-order valence-electron chi connectivity index (χ0n) is 12.6. The Balaban J connectivity index is 2.57. The van der Waals surface area contributed by atoms with Crippen molar-refractivity contribution in [1.29, 1.82) is 0 Å². The lowest BCUT2D eigenvalue weighted by Gasteiger charge is -2.20. The second kappa shape index (κ2) is 7.79. The summed E-state index contributed by atoms with van der Waals surface area (Å²) in [4.78, 5) is 19.6. The van der Waals surface area contributed by atoms with Crippen LogP contribution in [0.5, 0.6) is 0 Å². The van der Waals surface area contributed by atoms with Crippen molar-refractivity contribution in [2.75, 3.05) is 5.32 Å². The van der Waals surface area contributed by atoms with Gasteiger partial charge in [0.1, 0.15) is 6.04 Å². The van der Waals surface area contributed by atoms with Gasteiger partial charge in [0.2, 0.25) is 5.95 Å². The van der Waals surface area contributed by atoms with E-state index in [0.29, 0.717) is 12.5 Å². The van der Waals surface area contributed by atoms with Crippen LogP contribution < -0.4 is 10.6 Å². The summed E-state index contributed by atoms with van der Waals surface area (Å²) in [7, 11) is 0. The van der Waals surface area contributed by atoms with Gasteiger partial charge < -0.3 is 10.4 Å². The zero-order valence-corrected chi connectivity index (χ0v) is 12.6. The molecule has 0 aromatic carbocycles. The molecular formula is C14H24N4O2. The molecule has 1 aromatic heterocycles. The molecule has 0 fully saturated rings. The Morgan fingerprint density at radius 2 is 1.90 bits per heavy atom. The van der Waals surface area contributed by atoms with Crippen molar-refractivity contribution in [3.05, 3.63) is 18.0 Å². The van der Waals surface area contributed by atoms with Crippen LogP contribution in [-0.4, -0.2) is 33.1 Å². The summed E-state index contributed by atoms with van der Waals surface area (Å²) in [5, 5.41) is 15.3. The van der Waals surface area contributed by atoms with Crippen LogP contribution in [0.4, 0.5) is 5.95 Å². The fraction of sp³-hybridized carbons (Fsp3) is 0.643. The Bertz CT molecular complexity index is 420. The molecule has 0 aliphatic heterocycles. The number of carbonyl (C=O) groups is 1. The van der Waals surface area contributed by atoms with E-state index in [2.05, 4.69) is 20.6 Å². The molecule has 3 N–H and O–H groups in total. The van der Waals surface area contributed by atoms with Gasteiger partial charge in [-0.3, -0.25) is 10.1 Å². The maximum atomic E-state index is 11.2. The number of hydrogen-bond donors (Lipinski definition) is 3. The summed E-state index contributed by atoms with van der Waals surface area (Å²) < 4.78 is 0. The van der Waals surface area contributed by atoms with E-state index in [1.165, 1.54) is 0 Å². The van der Waals surface area contributed by atoms with Crippen LogP contribution >= 0.6 is 0 Å². The molecule has 1 aromatic rings. The van der Waals surface area contributed by atoms with Crippen LogP contribution in [0.1, 0.15) is 39.7 Å². The first kappa shape index (κ1) is 16.4. The van der Waals surface area contributed by atoms with Gasteiger partial charge in [-0.15, -0.1) is 0 Å². The fourth-order valence-electron chi connectivity index (χ4n) is 1.77. The molecule has 2 unspecified atom stereocenters. The quantitative estimate of drug-likeness (QED) is 0.674. The SMILES string of the molecule is CCC(C)C(NCc1cnc(NC(C)C)nc1)C(=O)O. The van der Waals surface area contributed by atoms with Gasteiger partial charge in [0.15, 0.2) is 0 Å². The van der Waals surface area contributed by atoms with Crippen LogP contribution in [0.25, 0.3) is 0 Å². The molecule has 0 saturated carbocycles. The van der Waals surface area contributed by atoms with Crippen molar-refractivity contribution >= 4 is 11.9 Å². The minimum atomic E-state index is -0.821. The predicted molar refractivity (Wildman–Crippen MR) is 78.5 cm³/mol. The molecule has 1 rings (SSSR count). The molecule has 0 amide bonds. The fourth-order valence-corrected chi connectivity index (χ4v) is 1.77. The number of aromatic nitrogens is 2. The molecule has 0 spiro atoms. The number of carboxylic acids is 1. The van der Waals surface area contributed by atoms with Gasteiger partial charge in [0.25, 0.3) is 0 Å². The minimum absolute atomic E-state index is 0.0790. The van der Waals surface area contributed by atoms with E-state index < -0.39 is 12.0 Å². The van der Waals surface area contributed by atoms with Gasteiger partial charge in [-0.25, -0.2) is 9.97 Å². The highest BCUT2D eigenvalue weighted by molar-refractivity contribution is 5.73. The van der Waals surface area contributed by atoms with Gasteiger partial charge >= 0.3 is 5.97 Å². The molecule has 20 heavy (non-hydrogen) atoms. The lowest BCUT2D eigenvalue weighted by atomic mass is 9.99. The molecule has 0 aliphatic carbocycles. The second-order valence-corrected chi connectivity index (χ2v) is 5.30. The average molecular weight is 280 g/mol. The number of nitrogens with zero attached hydrogens (tertiary/aromatic N) is 2. The van der Waals surface area contributed by atoms with E-state index in [1.54, 1.807) is 12.4 Å². The molecule has 112 valence electrons. The number of nitrogens with one attached hydrogen (secondary N) is 2. The maximum absolute atomic E-state index is 11.2. The normalized spacial score (nSPS) is 14.1. The van der Waals surface area contributed by atoms with Crippen LogP contribution in [0, 0.1) is 5.92 Å². The van der Waals surface area contributed by atoms with Gasteiger partial charge in [0.05, 0.1) is 0 Å². The first-order chi connectivity index (χ1) is 9.43. The van der Waals surface area contributed by atoms with Gasteiger partial charge in [-0.2, -0.15) is 0 Å². The number of anilines is 1. The Morgan fingerprint density at radius 1 is 1.30 bits per heavy atom. The van der Waals surface area contributed by atoms with E-state index in [1.807, 2.05) is 27.7 Å².